The second-order valence-electron chi connectivity index (χ2n) is 6.74. The van der Waals surface area contributed by atoms with E-state index in [2.05, 4.69) is 5.16 Å². The highest BCUT2D eigenvalue weighted by molar-refractivity contribution is 6.12. The Bertz CT molecular complexity index is 846. The minimum Gasteiger partial charge on any atom is -0.481 e. The maximum absolute atomic E-state index is 14.2. The Balaban J connectivity index is 0.00000300. The molecule has 1 fully saturated rings. The first-order valence-electron chi connectivity index (χ1n) is 9.20. The highest BCUT2D eigenvalue weighted by atomic mass is 35.5. The van der Waals surface area contributed by atoms with E-state index in [0.29, 0.717) is 25.1 Å². The summed E-state index contributed by atoms with van der Waals surface area (Å²) in [5.41, 5.74) is 1.08. The predicted octanol–water partition coefficient (Wildman–Crippen LogP) is 3.95. The van der Waals surface area contributed by atoms with E-state index in [1.54, 1.807) is 18.2 Å². The number of rotatable bonds is 7. The molecule has 0 spiro atoms. The number of hydrogen-bond donors (Lipinski definition) is 1. The van der Waals surface area contributed by atoms with Crippen molar-refractivity contribution in [2.24, 2.45) is 11.1 Å². The molecule has 1 aliphatic rings. The third-order valence-corrected chi connectivity index (χ3v) is 4.76. The fourth-order valence-corrected chi connectivity index (χ4v) is 3.26. The number of oxime groups is 1. The summed E-state index contributed by atoms with van der Waals surface area (Å²) in [6.07, 6.45) is 1.52. The number of carboxylic acid groups (broad SMARTS) is 1. The van der Waals surface area contributed by atoms with Gasteiger partial charge in [-0.1, -0.05) is 17.3 Å². The summed E-state index contributed by atoms with van der Waals surface area (Å²) in [6, 6.07) is 11.8. The molecule has 0 saturated carbocycles. The molecule has 1 saturated heterocycles. The lowest BCUT2D eigenvalue weighted by molar-refractivity contribution is -0.143. The van der Waals surface area contributed by atoms with E-state index < -0.39 is 17.6 Å². The van der Waals surface area contributed by atoms with E-state index in [-0.39, 0.29) is 36.2 Å². The number of nitrogens with zero attached hydrogens (tertiary/aromatic N) is 2. The quantitative estimate of drug-likeness (QED) is 0.415. The van der Waals surface area contributed by atoms with E-state index in [0.717, 1.165) is 13.0 Å². The van der Waals surface area contributed by atoms with Gasteiger partial charge in [0.1, 0.15) is 24.0 Å². The largest absolute Gasteiger partial charge is 0.481 e. The average molecular weight is 425 g/mol. The highest BCUT2D eigenvalue weighted by Crippen LogP contribution is 2.17. The molecule has 0 aliphatic carbocycles. The molecule has 1 heterocycles. The molecule has 8 heteroatoms. The van der Waals surface area contributed by atoms with Crippen LogP contribution in [0.5, 0.6) is 0 Å². The fraction of sp³-hybridized carbons (Fsp3) is 0.333. The first-order valence-corrected chi connectivity index (χ1v) is 9.20. The van der Waals surface area contributed by atoms with Gasteiger partial charge in [0.05, 0.1) is 5.92 Å². The van der Waals surface area contributed by atoms with Crippen LogP contribution in [0.25, 0.3) is 0 Å². The molecular weight excluding hydrogens is 402 g/mol. The molecule has 156 valence electrons. The monoisotopic (exact) mass is 424 g/mol. The molecule has 29 heavy (non-hydrogen) atoms. The van der Waals surface area contributed by atoms with Crippen LogP contribution in [0, 0.1) is 17.6 Å². The standard InChI is InChI=1S/C21H22F2N2O3.ClH/c22-17-9-7-15(8-10-17)20(18-5-1-2-6-19(18)23)24-28-13-12-25-11-3-4-16(14-25)21(26)27;/h1-2,5-10,16H,3-4,11-14H2,(H,26,27);1H/b24-20+;/t16-;/m1./s1. The summed E-state index contributed by atoms with van der Waals surface area (Å²) >= 11 is 0. The van der Waals surface area contributed by atoms with Crippen molar-refractivity contribution in [3.63, 3.8) is 0 Å². The Hall–Kier alpha value is -2.51. The van der Waals surface area contributed by atoms with Crippen LogP contribution in [0.3, 0.4) is 0 Å². The number of carboxylic acids is 1. The minimum absolute atomic E-state index is 0. The van der Waals surface area contributed by atoms with Crippen molar-refractivity contribution >= 4 is 24.1 Å². The first-order chi connectivity index (χ1) is 13.5. The van der Waals surface area contributed by atoms with Crippen molar-refractivity contribution in [2.75, 3.05) is 26.2 Å². The molecule has 1 aliphatic heterocycles. The maximum Gasteiger partial charge on any atom is 0.307 e. The molecule has 0 amide bonds. The van der Waals surface area contributed by atoms with Gasteiger partial charge in [-0.05, 0) is 55.8 Å². The predicted molar refractivity (Wildman–Crippen MR) is 108 cm³/mol. The Morgan fingerprint density at radius 1 is 1.17 bits per heavy atom. The lowest BCUT2D eigenvalue weighted by Gasteiger charge is -2.29. The van der Waals surface area contributed by atoms with Gasteiger partial charge in [0.25, 0.3) is 0 Å². The summed E-state index contributed by atoms with van der Waals surface area (Å²) in [5.74, 6) is -1.97. The SMILES string of the molecule is Cl.O=C(O)[C@@H]1CCCN(CCO/N=C(\c2ccc(F)cc2)c2ccccc2F)C1. The van der Waals surface area contributed by atoms with Crippen LogP contribution in [0.1, 0.15) is 24.0 Å². The lowest BCUT2D eigenvalue weighted by Crippen LogP contribution is -2.40. The topological polar surface area (TPSA) is 62.1 Å². The number of likely N-dealkylation sites (tertiary alicyclic amines) is 1. The van der Waals surface area contributed by atoms with Crippen LogP contribution in [0.15, 0.2) is 53.7 Å². The van der Waals surface area contributed by atoms with Crippen molar-refractivity contribution < 1.29 is 23.5 Å². The smallest absolute Gasteiger partial charge is 0.307 e. The Morgan fingerprint density at radius 2 is 1.90 bits per heavy atom. The van der Waals surface area contributed by atoms with E-state index in [1.165, 1.54) is 30.3 Å². The lowest BCUT2D eigenvalue weighted by atomic mass is 9.98. The maximum atomic E-state index is 14.2. The second kappa shape index (κ2) is 10.9. The van der Waals surface area contributed by atoms with Gasteiger partial charge in [-0.15, -0.1) is 12.4 Å². The van der Waals surface area contributed by atoms with Crippen LogP contribution in [0.2, 0.25) is 0 Å². The van der Waals surface area contributed by atoms with E-state index in [4.69, 9.17) is 9.94 Å². The minimum atomic E-state index is -0.776. The van der Waals surface area contributed by atoms with Crippen LogP contribution in [-0.2, 0) is 9.63 Å². The average Bonchev–Trinajstić information content (AvgIpc) is 2.70. The van der Waals surface area contributed by atoms with Gasteiger partial charge < -0.3 is 9.94 Å². The van der Waals surface area contributed by atoms with E-state index in [1.807, 2.05) is 4.90 Å². The number of carbonyl (C=O) groups is 1. The summed E-state index contributed by atoms with van der Waals surface area (Å²) in [6.45, 7) is 2.07. The molecule has 5 nitrogen and oxygen atoms in total. The summed E-state index contributed by atoms with van der Waals surface area (Å²) in [5, 5.41) is 13.3. The Labute approximate surface area is 174 Å². The third-order valence-electron chi connectivity index (χ3n) is 4.76. The molecule has 0 radical (unpaired) electrons. The normalized spacial score (nSPS) is 17.4. The van der Waals surface area contributed by atoms with Gasteiger partial charge in [-0.2, -0.15) is 0 Å². The third kappa shape index (κ3) is 6.24. The van der Waals surface area contributed by atoms with Gasteiger partial charge in [0, 0.05) is 24.2 Å². The van der Waals surface area contributed by atoms with Crippen molar-refractivity contribution in [3.8, 4) is 0 Å². The van der Waals surface area contributed by atoms with Crippen molar-refractivity contribution in [1.29, 1.82) is 0 Å². The fourth-order valence-electron chi connectivity index (χ4n) is 3.26. The molecule has 2 aromatic rings. The molecule has 1 atom stereocenters. The Morgan fingerprint density at radius 3 is 2.59 bits per heavy atom. The molecule has 0 bridgehead atoms. The van der Waals surface area contributed by atoms with Gasteiger partial charge in [0.2, 0.25) is 0 Å². The van der Waals surface area contributed by atoms with Crippen molar-refractivity contribution in [2.45, 2.75) is 12.8 Å². The number of halogens is 3. The summed E-state index contributed by atoms with van der Waals surface area (Å²) in [4.78, 5) is 18.6. The Kier molecular flexibility index (Phi) is 8.54. The van der Waals surface area contributed by atoms with Crippen molar-refractivity contribution in [1.82, 2.24) is 4.90 Å². The molecule has 0 aromatic heterocycles. The van der Waals surface area contributed by atoms with Gasteiger partial charge in [0.15, 0.2) is 0 Å². The van der Waals surface area contributed by atoms with Gasteiger partial charge >= 0.3 is 5.97 Å². The number of benzene rings is 2. The number of piperidine rings is 1. The van der Waals surface area contributed by atoms with E-state index in [9.17, 15) is 13.6 Å². The zero-order valence-corrected chi connectivity index (χ0v) is 16.6. The highest BCUT2D eigenvalue weighted by Gasteiger charge is 2.25. The molecule has 0 unspecified atom stereocenters. The number of aliphatic carboxylic acids is 1. The van der Waals surface area contributed by atoms with Crippen molar-refractivity contribution in [3.05, 3.63) is 71.3 Å². The molecule has 3 rings (SSSR count). The molecule has 1 N–H and O–H groups in total. The van der Waals surface area contributed by atoms with Crippen LogP contribution in [-0.4, -0.2) is 47.9 Å². The first kappa shape index (κ1) is 22.8. The zero-order chi connectivity index (χ0) is 19.9. The van der Waals surface area contributed by atoms with E-state index >= 15 is 0 Å². The summed E-state index contributed by atoms with van der Waals surface area (Å²) < 4.78 is 27.5. The van der Waals surface area contributed by atoms with Gasteiger partial charge in [-0.25, -0.2) is 8.78 Å². The molecule has 2 aromatic carbocycles. The zero-order valence-electron chi connectivity index (χ0n) is 15.8. The van der Waals surface area contributed by atoms with Gasteiger partial charge in [-0.3, -0.25) is 9.69 Å². The molecular formula is C21H23ClF2N2O3. The second-order valence-corrected chi connectivity index (χ2v) is 6.74. The van der Waals surface area contributed by atoms with Crippen LogP contribution < -0.4 is 0 Å². The number of hydrogen-bond acceptors (Lipinski definition) is 4. The van der Waals surface area contributed by atoms with Crippen LogP contribution >= 0.6 is 12.4 Å². The van der Waals surface area contributed by atoms with Crippen LogP contribution in [0.4, 0.5) is 8.78 Å². The summed E-state index contributed by atoms with van der Waals surface area (Å²) in [7, 11) is 0.